The van der Waals surface area contributed by atoms with Crippen molar-refractivity contribution < 1.29 is 19.7 Å². The van der Waals surface area contributed by atoms with Crippen LogP contribution in [0.25, 0.3) is 0 Å². The number of ether oxygens (including phenoxy) is 1. The number of carbonyl (C=O) groups is 1. The van der Waals surface area contributed by atoms with E-state index in [0.29, 0.717) is 5.56 Å². The highest BCUT2D eigenvalue weighted by Crippen LogP contribution is 2.23. The van der Waals surface area contributed by atoms with Crippen molar-refractivity contribution in [2.75, 3.05) is 12.3 Å². The highest BCUT2D eigenvalue weighted by atomic mass is 16.5. The lowest BCUT2D eigenvalue weighted by Crippen LogP contribution is -2.31. The SMILES string of the molecule is CCOC(=O)C(O)C(O)c1nccc(C)c1N. The van der Waals surface area contributed by atoms with Gasteiger partial charge < -0.3 is 20.7 Å². The molecule has 1 rings (SSSR count). The van der Waals surface area contributed by atoms with Crippen LogP contribution in [0.1, 0.15) is 24.3 Å². The molecule has 0 fully saturated rings. The first kappa shape index (κ1) is 13.4. The fourth-order valence-corrected chi connectivity index (χ4v) is 1.33. The summed E-state index contributed by atoms with van der Waals surface area (Å²) in [5, 5.41) is 19.4. The van der Waals surface area contributed by atoms with E-state index in [1.54, 1.807) is 19.9 Å². The van der Waals surface area contributed by atoms with E-state index in [-0.39, 0.29) is 18.0 Å². The second-order valence-electron chi connectivity index (χ2n) is 3.57. The number of nitrogens with two attached hydrogens (primary N) is 1. The molecule has 0 amide bonds. The lowest BCUT2D eigenvalue weighted by molar-refractivity contribution is -0.159. The molecule has 0 spiro atoms. The van der Waals surface area contributed by atoms with Crippen LogP contribution in [0.5, 0.6) is 0 Å². The van der Waals surface area contributed by atoms with Gasteiger partial charge >= 0.3 is 5.97 Å². The Morgan fingerprint density at radius 2 is 2.24 bits per heavy atom. The van der Waals surface area contributed by atoms with Gasteiger partial charge in [0.05, 0.1) is 18.0 Å². The second-order valence-corrected chi connectivity index (χ2v) is 3.57. The number of aryl methyl sites for hydroxylation is 1. The van der Waals surface area contributed by atoms with Crippen molar-refractivity contribution in [1.82, 2.24) is 4.98 Å². The van der Waals surface area contributed by atoms with Gasteiger partial charge in [0.1, 0.15) is 6.10 Å². The Bertz CT molecular complexity index is 408. The molecule has 4 N–H and O–H groups in total. The van der Waals surface area contributed by atoms with Crippen LogP contribution in [-0.4, -0.2) is 33.9 Å². The highest BCUT2D eigenvalue weighted by molar-refractivity contribution is 5.75. The largest absolute Gasteiger partial charge is 0.464 e. The maximum Gasteiger partial charge on any atom is 0.338 e. The summed E-state index contributed by atoms with van der Waals surface area (Å²) in [6, 6.07) is 1.67. The molecule has 17 heavy (non-hydrogen) atoms. The molecule has 0 aliphatic heterocycles. The maximum absolute atomic E-state index is 11.3. The maximum atomic E-state index is 11.3. The molecule has 6 heteroatoms. The molecule has 0 bridgehead atoms. The molecule has 1 aromatic heterocycles. The van der Waals surface area contributed by atoms with Gasteiger partial charge in [-0.3, -0.25) is 4.98 Å². The van der Waals surface area contributed by atoms with Gasteiger partial charge in [-0.05, 0) is 25.5 Å². The zero-order chi connectivity index (χ0) is 13.0. The first-order valence-electron chi connectivity index (χ1n) is 5.22. The number of aliphatic hydroxyl groups is 2. The molecule has 1 heterocycles. The number of pyridine rings is 1. The van der Waals surface area contributed by atoms with Crippen LogP contribution in [0.4, 0.5) is 5.69 Å². The van der Waals surface area contributed by atoms with Gasteiger partial charge in [-0.15, -0.1) is 0 Å². The number of rotatable bonds is 4. The molecule has 0 aliphatic rings. The smallest absolute Gasteiger partial charge is 0.338 e. The molecule has 0 radical (unpaired) electrons. The van der Waals surface area contributed by atoms with Crippen LogP contribution in [0.15, 0.2) is 12.3 Å². The van der Waals surface area contributed by atoms with Crippen molar-refractivity contribution in [3.63, 3.8) is 0 Å². The number of aliphatic hydroxyl groups excluding tert-OH is 2. The Labute approximate surface area is 99.0 Å². The van der Waals surface area contributed by atoms with Crippen molar-refractivity contribution in [2.45, 2.75) is 26.1 Å². The van der Waals surface area contributed by atoms with Gasteiger partial charge in [0, 0.05) is 6.20 Å². The molecule has 0 aliphatic carbocycles. The van der Waals surface area contributed by atoms with Gasteiger partial charge in [-0.25, -0.2) is 4.79 Å². The summed E-state index contributed by atoms with van der Waals surface area (Å²) in [6.07, 6.45) is -1.73. The summed E-state index contributed by atoms with van der Waals surface area (Å²) in [7, 11) is 0. The van der Waals surface area contributed by atoms with Gasteiger partial charge in [0.2, 0.25) is 0 Å². The molecule has 0 saturated heterocycles. The predicted octanol–water partition coefficient (Wildman–Crippen LogP) is -0.0704. The van der Waals surface area contributed by atoms with Crippen molar-refractivity contribution in [2.24, 2.45) is 0 Å². The lowest BCUT2D eigenvalue weighted by atomic mass is 10.1. The number of esters is 1. The van der Waals surface area contributed by atoms with E-state index in [4.69, 9.17) is 5.73 Å². The van der Waals surface area contributed by atoms with E-state index in [1.165, 1.54) is 6.20 Å². The average molecular weight is 240 g/mol. The average Bonchev–Trinajstić information content (AvgIpc) is 2.31. The first-order chi connectivity index (χ1) is 7.99. The molecule has 2 unspecified atom stereocenters. The molecule has 1 aromatic rings. The fraction of sp³-hybridized carbons (Fsp3) is 0.455. The number of aromatic nitrogens is 1. The van der Waals surface area contributed by atoms with E-state index in [1.807, 2.05) is 0 Å². The number of nitrogens with zero attached hydrogens (tertiary/aromatic N) is 1. The van der Waals surface area contributed by atoms with E-state index >= 15 is 0 Å². The lowest BCUT2D eigenvalue weighted by Gasteiger charge is -2.17. The predicted molar refractivity (Wildman–Crippen MR) is 61.0 cm³/mol. The van der Waals surface area contributed by atoms with Crippen molar-refractivity contribution >= 4 is 11.7 Å². The van der Waals surface area contributed by atoms with Crippen LogP contribution < -0.4 is 5.73 Å². The summed E-state index contributed by atoms with van der Waals surface area (Å²) in [6.45, 7) is 3.47. The Morgan fingerprint density at radius 3 is 2.82 bits per heavy atom. The quantitative estimate of drug-likeness (QED) is 0.636. The highest BCUT2D eigenvalue weighted by Gasteiger charge is 2.29. The summed E-state index contributed by atoms with van der Waals surface area (Å²) < 4.78 is 4.60. The van der Waals surface area contributed by atoms with Gasteiger partial charge in [0.15, 0.2) is 6.10 Å². The van der Waals surface area contributed by atoms with Crippen molar-refractivity contribution in [1.29, 1.82) is 0 Å². The molecule has 0 aromatic carbocycles. The molecule has 94 valence electrons. The van der Waals surface area contributed by atoms with Crippen molar-refractivity contribution in [3.8, 4) is 0 Å². The van der Waals surface area contributed by atoms with E-state index in [2.05, 4.69) is 9.72 Å². The van der Waals surface area contributed by atoms with Gasteiger partial charge in [0.25, 0.3) is 0 Å². The third kappa shape index (κ3) is 2.92. The standard InChI is InChI=1S/C11H16N2O4/c1-3-17-11(16)10(15)9(14)8-7(12)6(2)4-5-13-8/h4-5,9-10,14-15H,3,12H2,1-2H3. The minimum absolute atomic E-state index is 0.0746. The molecular weight excluding hydrogens is 224 g/mol. The third-order valence-corrected chi connectivity index (χ3v) is 2.35. The number of carbonyl (C=O) groups excluding carboxylic acids is 1. The zero-order valence-corrected chi connectivity index (χ0v) is 9.75. The van der Waals surface area contributed by atoms with E-state index < -0.39 is 18.2 Å². The molecule has 2 atom stereocenters. The molecule has 6 nitrogen and oxygen atoms in total. The first-order valence-corrected chi connectivity index (χ1v) is 5.22. The van der Waals surface area contributed by atoms with Crippen LogP contribution in [0.3, 0.4) is 0 Å². The van der Waals surface area contributed by atoms with Crippen LogP contribution in [0, 0.1) is 6.92 Å². The van der Waals surface area contributed by atoms with E-state index in [0.717, 1.165) is 0 Å². The number of nitrogen functional groups attached to an aromatic ring is 1. The second kappa shape index (κ2) is 5.60. The van der Waals surface area contributed by atoms with Crippen LogP contribution >= 0.6 is 0 Å². The zero-order valence-electron chi connectivity index (χ0n) is 9.75. The van der Waals surface area contributed by atoms with Gasteiger partial charge in [-0.2, -0.15) is 0 Å². The normalized spacial score (nSPS) is 14.1. The third-order valence-electron chi connectivity index (χ3n) is 2.35. The number of hydrogen-bond acceptors (Lipinski definition) is 6. The Hall–Kier alpha value is -1.66. The molecular formula is C11H16N2O4. The van der Waals surface area contributed by atoms with E-state index in [9.17, 15) is 15.0 Å². The Balaban J connectivity index is 2.92. The topological polar surface area (TPSA) is 106 Å². The minimum Gasteiger partial charge on any atom is -0.464 e. The number of hydrogen-bond donors (Lipinski definition) is 3. The Kier molecular flexibility index (Phi) is 4.42. The summed E-state index contributed by atoms with van der Waals surface area (Å²) in [4.78, 5) is 15.1. The summed E-state index contributed by atoms with van der Waals surface area (Å²) >= 11 is 0. The van der Waals surface area contributed by atoms with Crippen LogP contribution in [0.2, 0.25) is 0 Å². The fourth-order valence-electron chi connectivity index (χ4n) is 1.33. The van der Waals surface area contributed by atoms with Gasteiger partial charge in [-0.1, -0.05) is 0 Å². The Morgan fingerprint density at radius 1 is 1.59 bits per heavy atom. The summed E-state index contributed by atoms with van der Waals surface area (Å²) in [5.74, 6) is -0.900. The number of anilines is 1. The van der Waals surface area contributed by atoms with Crippen LogP contribution in [-0.2, 0) is 9.53 Å². The molecule has 0 saturated carbocycles. The summed E-state index contributed by atoms with van der Waals surface area (Å²) in [5.41, 5.74) is 6.75. The minimum atomic E-state index is -1.69. The van der Waals surface area contributed by atoms with Crippen molar-refractivity contribution in [3.05, 3.63) is 23.5 Å². The monoisotopic (exact) mass is 240 g/mol.